The van der Waals surface area contributed by atoms with Gasteiger partial charge in [-0.25, -0.2) is 15.0 Å². The molecule has 0 saturated heterocycles. The molecule has 4 aromatic carbocycles. The van der Waals surface area contributed by atoms with E-state index in [-0.39, 0.29) is 17.1 Å². The van der Waals surface area contributed by atoms with Crippen LogP contribution in [0.4, 0.5) is 0 Å². The van der Waals surface area contributed by atoms with Crippen molar-refractivity contribution in [2.24, 2.45) is 5.10 Å². The Bertz CT molecular complexity index is 1550. The summed E-state index contributed by atoms with van der Waals surface area (Å²) >= 11 is 0. The van der Waals surface area contributed by atoms with Crippen LogP contribution in [0.5, 0.6) is 28.7 Å². The van der Waals surface area contributed by atoms with E-state index in [2.05, 4.69) is 10.5 Å². The first kappa shape index (κ1) is 28.4. The summed E-state index contributed by atoms with van der Waals surface area (Å²) in [6.45, 7) is 0. The monoisotopic (exact) mass is 554 g/mol. The molecule has 0 fully saturated rings. The molecular weight excluding hydrogens is 528 g/mol. The fraction of sp³-hybridized carbons (Fsp3) is 0.0968. The number of hydrogen-bond donors (Lipinski definition) is 1. The molecule has 0 saturated carbocycles. The zero-order valence-electron chi connectivity index (χ0n) is 22.5. The Labute approximate surface area is 236 Å². The van der Waals surface area contributed by atoms with Crippen molar-refractivity contribution in [3.63, 3.8) is 0 Å². The van der Waals surface area contributed by atoms with E-state index < -0.39 is 17.8 Å². The normalized spacial score (nSPS) is 10.5. The average molecular weight is 555 g/mol. The highest BCUT2D eigenvalue weighted by molar-refractivity contribution is 5.97. The Morgan fingerprint density at radius 2 is 1.20 bits per heavy atom. The van der Waals surface area contributed by atoms with E-state index >= 15 is 0 Å². The number of methoxy groups -OCH3 is 3. The molecule has 0 aromatic heterocycles. The van der Waals surface area contributed by atoms with Gasteiger partial charge in [-0.3, -0.25) is 4.79 Å². The maximum absolute atomic E-state index is 12.8. The van der Waals surface area contributed by atoms with Crippen molar-refractivity contribution < 1.29 is 38.1 Å². The number of ether oxygens (including phenoxy) is 5. The second-order valence-electron chi connectivity index (χ2n) is 8.32. The summed E-state index contributed by atoms with van der Waals surface area (Å²) in [6, 6.07) is 24.3. The smallest absolute Gasteiger partial charge is 0.343 e. The molecule has 0 atom stereocenters. The topological polar surface area (TPSA) is 122 Å². The molecule has 0 aliphatic rings. The van der Waals surface area contributed by atoms with Gasteiger partial charge in [0, 0.05) is 17.2 Å². The van der Waals surface area contributed by atoms with Crippen LogP contribution in [-0.2, 0) is 0 Å². The molecule has 10 heteroatoms. The molecule has 4 rings (SSSR count). The molecule has 0 spiro atoms. The lowest BCUT2D eigenvalue weighted by molar-refractivity contribution is 0.0732. The van der Waals surface area contributed by atoms with Gasteiger partial charge in [0.15, 0.2) is 11.5 Å². The van der Waals surface area contributed by atoms with Gasteiger partial charge < -0.3 is 23.7 Å². The van der Waals surface area contributed by atoms with Gasteiger partial charge >= 0.3 is 11.9 Å². The maximum Gasteiger partial charge on any atom is 0.343 e. The van der Waals surface area contributed by atoms with Gasteiger partial charge in [0.05, 0.1) is 38.7 Å². The number of hydrazone groups is 1. The Morgan fingerprint density at radius 1 is 0.634 bits per heavy atom. The Morgan fingerprint density at radius 3 is 1.73 bits per heavy atom. The van der Waals surface area contributed by atoms with Crippen LogP contribution in [0.2, 0.25) is 0 Å². The Balaban J connectivity index is 1.57. The van der Waals surface area contributed by atoms with E-state index in [9.17, 15) is 14.4 Å². The second kappa shape index (κ2) is 13.4. The van der Waals surface area contributed by atoms with Gasteiger partial charge in [-0.2, -0.15) is 5.10 Å². The number of nitrogens with one attached hydrogen (secondary N) is 1. The molecule has 208 valence electrons. The van der Waals surface area contributed by atoms with Gasteiger partial charge in [0.1, 0.15) is 11.5 Å². The minimum atomic E-state index is -0.631. The molecule has 0 aliphatic heterocycles. The zero-order valence-corrected chi connectivity index (χ0v) is 22.5. The minimum absolute atomic E-state index is 0.0583. The first-order valence-corrected chi connectivity index (χ1v) is 12.3. The summed E-state index contributed by atoms with van der Waals surface area (Å²) in [5.41, 5.74) is 3.63. The quantitative estimate of drug-likeness (QED) is 0.127. The average Bonchev–Trinajstić information content (AvgIpc) is 3.01. The number of carbonyl (C=O) groups excluding carboxylic acids is 3. The van der Waals surface area contributed by atoms with Crippen molar-refractivity contribution in [3.05, 3.63) is 113 Å². The number of hydrogen-bond acceptors (Lipinski definition) is 9. The van der Waals surface area contributed by atoms with Crippen LogP contribution >= 0.6 is 0 Å². The van der Waals surface area contributed by atoms with Crippen molar-refractivity contribution in [1.29, 1.82) is 0 Å². The van der Waals surface area contributed by atoms with Crippen LogP contribution in [0.25, 0.3) is 0 Å². The summed E-state index contributed by atoms with van der Waals surface area (Å²) in [6.07, 6.45) is 1.30. The molecule has 4 aromatic rings. The highest BCUT2D eigenvalue weighted by Crippen LogP contribution is 2.38. The van der Waals surface area contributed by atoms with Crippen molar-refractivity contribution in [2.45, 2.75) is 0 Å². The number of benzene rings is 4. The third-order valence-electron chi connectivity index (χ3n) is 5.71. The first-order valence-electron chi connectivity index (χ1n) is 12.3. The van der Waals surface area contributed by atoms with Gasteiger partial charge in [-0.1, -0.05) is 36.4 Å². The maximum atomic E-state index is 12.8. The molecule has 10 nitrogen and oxygen atoms in total. The SMILES string of the molecule is COc1cc(C(=O)N/N=C/c2ccc(OC(=O)c3ccccc3)cc2OC(=O)c2ccccc2)cc(OC)c1OC. The fourth-order valence-electron chi connectivity index (χ4n) is 3.68. The van der Waals surface area contributed by atoms with E-state index in [1.165, 1.54) is 57.9 Å². The highest BCUT2D eigenvalue weighted by Gasteiger charge is 2.18. The molecule has 0 radical (unpaired) electrons. The lowest BCUT2D eigenvalue weighted by Crippen LogP contribution is -2.18. The molecule has 1 N–H and O–H groups in total. The molecule has 41 heavy (non-hydrogen) atoms. The summed E-state index contributed by atoms with van der Waals surface area (Å²) in [5.74, 6) is -0.618. The number of carbonyl (C=O) groups is 3. The van der Waals surface area contributed by atoms with Crippen LogP contribution in [0.15, 0.2) is 96.1 Å². The molecule has 0 heterocycles. The molecular formula is C31H26N2O8. The predicted octanol–water partition coefficient (Wildman–Crippen LogP) is 4.91. The van der Waals surface area contributed by atoms with Gasteiger partial charge in [-0.15, -0.1) is 0 Å². The van der Waals surface area contributed by atoms with E-state index in [0.717, 1.165) is 0 Å². The van der Waals surface area contributed by atoms with Gasteiger partial charge in [0.2, 0.25) is 5.75 Å². The Hall–Kier alpha value is -5.64. The standard InChI is InChI=1S/C31H26N2O8/c1-37-26-16-23(17-27(38-2)28(26)39-3)29(34)33-32-19-22-14-15-24(40-30(35)20-10-6-4-7-11-20)18-25(22)41-31(36)21-12-8-5-9-13-21/h4-19H,1-3H3,(H,33,34)/b32-19+. The van der Waals surface area contributed by atoms with Crippen molar-refractivity contribution >= 4 is 24.1 Å². The lowest BCUT2D eigenvalue weighted by atomic mass is 10.1. The fourth-order valence-corrected chi connectivity index (χ4v) is 3.68. The molecule has 0 unspecified atom stereocenters. The summed E-state index contributed by atoms with van der Waals surface area (Å²) in [4.78, 5) is 38.1. The second-order valence-corrected chi connectivity index (χ2v) is 8.32. The summed E-state index contributed by atoms with van der Waals surface area (Å²) in [7, 11) is 4.34. The highest BCUT2D eigenvalue weighted by atomic mass is 16.5. The summed E-state index contributed by atoms with van der Waals surface area (Å²) < 4.78 is 26.9. The third kappa shape index (κ3) is 7.07. The van der Waals surface area contributed by atoms with Crippen LogP contribution in [-0.4, -0.2) is 45.4 Å². The van der Waals surface area contributed by atoms with Gasteiger partial charge in [0.25, 0.3) is 5.91 Å². The zero-order chi connectivity index (χ0) is 29.2. The lowest BCUT2D eigenvalue weighted by Gasteiger charge is -2.13. The summed E-state index contributed by atoms with van der Waals surface area (Å²) in [5, 5.41) is 4.01. The third-order valence-corrected chi connectivity index (χ3v) is 5.71. The predicted molar refractivity (Wildman–Crippen MR) is 150 cm³/mol. The van der Waals surface area contributed by atoms with E-state index in [1.54, 1.807) is 60.7 Å². The van der Waals surface area contributed by atoms with Crippen molar-refractivity contribution in [2.75, 3.05) is 21.3 Å². The molecule has 0 aliphatic carbocycles. The number of esters is 2. The van der Waals surface area contributed by atoms with Crippen molar-refractivity contribution in [3.8, 4) is 28.7 Å². The Kier molecular flexibility index (Phi) is 9.29. The number of nitrogens with zero attached hydrogens (tertiary/aromatic N) is 1. The number of amides is 1. The molecule has 1 amide bonds. The van der Waals surface area contributed by atoms with E-state index in [1.807, 2.05) is 0 Å². The number of rotatable bonds is 10. The van der Waals surface area contributed by atoms with E-state index in [4.69, 9.17) is 23.7 Å². The largest absolute Gasteiger partial charge is 0.493 e. The van der Waals surface area contributed by atoms with Gasteiger partial charge in [-0.05, 0) is 48.5 Å². The van der Waals surface area contributed by atoms with Crippen molar-refractivity contribution in [1.82, 2.24) is 5.43 Å². The minimum Gasteiger partial charge on any atom is -0.493 e. The first-order chi connectivity index (χ1) is 19.9. The van der Waals surface area contributed by atoms with Crippen LogP contribution in [0, 0.1) is 0 Å². The van der Waals surface area contributed by atoms with E-state index in [0.29, 0.717) is 33.9 Å². The van der Waals surface area contributed by atoms with Crippen LogP contribution in [0.1, 0.15) is 36.6 Å². The molecule has 0 bridgehead atoms. The van der Waals surface area contributed by atoms with Crippen LogP contribution in [0.3, 0.4) is 0 Å². The van der Waals surface area contributed by atoms with Crippen LogP contribution < -0.4 is 29.1 Å².